The van der Waals surface area contributed by atoms with Crippen LogP contribution in [0.1, 0.15) is 25.0 Å². The van der Waals surface area contributed by atoms with Crippen LogP contribution in [0.2, 0.25) is 0 Å². The normalized spacial score (nSPS) is 13.0. The average molecular weight is 768 g/mol. The molecule has 0 saturated carbocycles. The zero-order valence-corrected chi connectivity index (χ0v) is 33.5. The largest absolute Gasteiger partial charge is 0.309 e. The number of hydrogen-bond donors (Lipinski definition) is 0. The minimum absolute atomic E-state index is 0.130. The Hall–Kier alpha value is -7.62. The molecule has 2 heterocycles. The highest BCUT2D eigenvalue weighted by molar-refractivity contribution is 6.17. The summed E-state index contributed by atoms with van der Waals surface area (Å²) in [6, 6.07) is 77.8. The summed E-state index contributed by atoms with van der Waals surface area (Å²) >= 11 is 0. The molecular weight excluding hydrogens is 727 g/mol. The molecule has 11 aromatic rings. The number of fused-ring (bicyclic) bond motifs is 9. The van der Waals surface area contributed by atoms with E-state index in [1.807, 2.05) is 0 Å². The van der Waals surface area contributed by atoms with Gasteiger partial charge in [0.05, 0.1) is 33.4 Å². The van der Waals surface area contributed by atoms with E-state index in [9.17, 15) is 0 Å². The Morgan fingerprint density at radius 2 is 0.917 bits per heavy atom. The Balaban J connectivity index is 1.07. The van der Waals surface area contributed by atoms with Crippen molar-refractivity contribution in [2.45, 2.75) is 19.3 Å². The molecule has 9 aromatic carbocycles. The van der Waals surface area contributed by atoms with E-state index in [-0.39, 0.29) is 5.41 Å². The Morgan fingerprint density at radius 3 is 1.67 bits per heavy atom. The summed E-state index contributed by atoms with van der Waals surface area (Å²) in [7, 11) is 0. The van der Waals surface area contributed by atoms with E-state index in [1.54, 1.807) is 0 Å². The first kappa shape index (κ1) is 34.4. The maximum Gasteiger partial charge on any atom is 0.0562 e. The first-order valence-corrected chi connectivity index (χ1v) is 20.9. The van der Waals surface area contributed by atoms with Crippen molar-refractivity contribution in [3.8, 4) is 33.6 Å². The number of rotatable bonds is 6. The molecule has 0 saturated heterocycles. The third-order valence-electron chi connectivity index (χ3n) is 12.9. The van der Waals surface area contributed by atoms with Gasteiger partial charge in [0.1, 0.15) is 0 Å². The van der Waals surface area contributed by atoms with Crippen molar-refractivity contribution >= 4 is 60.7 Å². The van der Waals surface area contributed by atoms with Gasteiger partial charge < -0.3 is 14.0 Å². The molecule has 1 aliphatic carbocycles. The molecule has 3 nitrogen and oxygen atoms in total. The van der Waals surface area contributed by atoms with E-state index < -0.39 is 0 Å². The van der Waals surface area contributed by atoms with Gasteiger partial charge in [0.2, 0.25) is 0 Å². The van der Waals surface area contributed by atoms with Crippen LogP contribution in [-0.2, 0) is 5.41 Å². The van der Waals surface area contributed by atoms with Gasteiger partial charge in [-0.25, -0.2) is 0 Å². The highest BCUT2D eigenvalue weighted by Gasteiger charge is 2.38. The Kier molecular flexibility index (Phi) is 7.58. The Morgan fingerprint density at radius 1 is 0.383 bits per heavy atom. The molecule has 2 aromatic heterocycles. The zero-order valence-electron chi connectivity index (χ0n) is 33.5. The lowest BCUT2D eigenvalue weighted by molar-refractivity contribution is 0.660. The standard InChI is InChI=1S/C57H41N3/c1-57(2)47-24-12-9-22-44(47)55-48(57)25-15-28-52(55)60(54-30-16-29-53-56(54)45-23-11-14-27-50(45)59(53)41-19-7-4-8-20-41)42-34-31-38(32-35-42)39-33-36-51-46(37-39)43-21-10-13-26-49(43)58(51)40-17-5-3-6-18-40/h3-37H,1-2H3. The number of para-hydroxylation sites is 4. The second kappa shape index (κ2) is 13.2. The second-order valence-corrected chi connectivity index (χ2v) is 16.5. The summed E-state index contributed by atoms with van der Waals surface area (Å²) in [5.41, 5.74) is 18.1. The van der Waals surface area contributed by atoms with Crippen molar-refractivity contribution in [2.75, 3.05) is 4.90 Å². The molecule has 3 heteroatoms. The van der Waals surface area contributed by atoms with Gasteiger partial charge in [-0.1, -0.05) is 147 Å². The van der Waals surface area contributed by atoms with E-state index >= 15 is 0 Å². The highest BCUT2D eigenvalue weighted by atomic mass is 15.2. The fourth-order valence-electron chi connectivity index (χ4n) is 10.2. The van der Waals surface area contributed by atoms with E-state index in [2.05, 4.69) is 240 Å². The minimum atomic E-state index is -0.130. The molecule has 0 N–H and O–H groups in total. The van der Waals surface area contributed by atoms with Gasteiger partial charge in [-0.2, -0.15) is 0 Å². The molecule has 0 aliphatic heterocycles. The van der Waals surface area contributed by atoms with E-state index in [0.717, 1.165) is 17.1 Å². The Labute approximate surface area is 349 Å². The second-order valence-electron chi connectivity index (χ2n) is 16.5. The van der Waals surface area contributed by atoms with Gasteiger partial charge in [0.15, 0.2) is 0 Å². The number of anilines is 3. The summed E-state index contributed by atoms with van der Waals surface area (Å²) in [6.07, 6.45) is 0. The van der Waals surface area contributed by atoms with Crippen molar-refractivity contribution in [3.63, 3.8) is 0 Å². The molecule has 0 bridgehead atoms. The monoisotopic (exact) mass is 767 g/mol. The summed E-state index contributed by atoms with van der Waals surface area (Å²) < 4.78 is 4.79. The van der Waals surface area contributed by atoms with Gasteiger partial charge in [-0.3, -0.25) is 0 Å². The maximum absolute atomic E-state index is 2.52. The number of nitrogens with zero attached hydrogens (tertiary/aromatic N) is 3. The lowest BCUT2D eigenvalue weighted by Crippen LogP contribution is -2.16. The van der Waals surface area contributed by atoms with Gasteiger partial charge in [0.25, 0.3) is 0 Å². The van der Waals surface area contributed by atoms with Gasteiger partial charge in [-0.15, -0.1) is 0 Å². The summed E-state index contributed by atoms with van der Waals surface area (Å²) in [5.74, 6) is 0. The minimum Gasteiger partial charge on any atom is -0.309 e. The molecule has 0 atom stereocenters. The lowest BCUT2D eigenvalue weighted by Gasteiger charge is -2.29. The highest BCUT2D eigenvalue weighted by Crippen LogP contribution is 2.55. The molecule has 0 unspecified atom stereocenters. The Bertz CT molecular complexity index is 3440. The molecule has 0 spiro atoms. The van der Waals surface area contributed by atoms with Crippen molar-refractivity contribution < 1.29 is 0 Å². The summed E-state index contributed by atoms with van der Waals surface area (Å²) in [6.45, 7) is 4.73. The SMILES string of the molecule is CC1(C)c2ccccc2-c2c(N(c3ccc(-c4ccc5c(c4)c4ccccc4n5-c4ccccc4)cc3)c3cccc4c3c3ccccc3n4-c3ccccc3)cccc21. The first-order valence-electron chi connectivity index (χ1n) is 20.9. The smallest absolute Gasteiger partial charge is 0.0562 e. The molecule has 0 radical (unpaired) electrons. The van der Waals surface area contributed by atoms with Gasteiger partial charge in [-0.05, 0) is 107 Å². The van der Waals surface area contributed by atoms with Crippen LogP contribution in [0.25, 0.3) is 77.2 Å². The molecule has 0 fully saturated rings. The molecule has 0 amide bonds. The van der Waals surface area contributed by atoms with Crippen LogP contribution >= 0.6 is 0 Å². The van der Waals surface area contributed by atoms with E-state index in [4.69, 9.17) is 0 Å². The predicted molar refractivity (Wildman–Crippen MR) is 253 cm³/mol. The van der Waals surface area contributed by atoms with Gasteiger partial charge in [0, 0.05) is 49.6 Å². The molecule has 12 rings (SSSR count). The third kappa shape index (κ3) is 5.02. The summed E-state index contributed by atoms with van der Waals surface area (Å²) in [5, 5.41) is 4.96. The topological polar surface area (TPSA) is 13.1 Å². The van der Waals surface area contributed by atoms with Crippen molar-refractivity contribution in [1.82, 2.24) is 9.13 Å². The van der Waals surface area contributed by atoms with Crippen LogP contribution in [0.15, 0.2) is 212 Å². The van der Waals surface area contributed by atoms with E-state index in [0.29, 0.717) is 0 Å². The van der Waals surface area contributed by atoms with Crippen LogP contribution in [0.3, 0.4) is 0 Å². The molecular formula is C57H41N3. The van der Waals surface area contributed by atoms with Crippen LogP contribution in [0.5, 0.6) is 0 Å². The maximum atomic E-state index is 2.52. The average Bonchev–Trinajstić information content (AvgIpc) is 3.91. The van der Waals surface area contributed by atoms with Crippen LogP contribution < -0.4 is 4.90 Å². The number of aromatic nitrogens is 2. The van der Waals surface area contributed by atoms with Crippen LogP contribution in [0, 0.1) is 0 Å². The fourth-order valence-corrected chi connectivity index (χ4v) is 10.2. The number of benzene rings is 9. The quantitative estimate of drug-likeness (QED) is 0.164. The summed E-state index contributed by atoms with van der Waals surface area (Å²) in [4.78, 5) is 2.52. The van der Waals surface area contributed by atoms with Crippen LogP contribution in [0.4, 0.5) is 17.1 Å². The number of hydrogen-bond acceptors (Lipinski definition) is 1. The van der Waals surface area contributed by atoms with Crippen molar-refractivity contribution in [2.24, 2.45) is 0 Å². The van der Waals surface area contributed by atoms with Gasteiger partial charge >= 0.3 is 0 Å². The molecule has 60 heavy (non-hydrogen) atoms. The van der Waals surface area contributed by atoms with Crippen molar-refractivity contribution in [1.29, 1.82) is 0 Å². The fraction of sp³-hybridized carbons (Fsp3) is 0.0526. The van der Waals surface area contributed by atoms with E-state index in [1.165, 1.54) is 88.4 Å². The first-order chi connectivity index (χ1) is 29.6. The lowest BCUT2D eigenvalue weighted by atomic mass is 9.82. The third-order valence-corrected chi connectivity index (χ3v) is 12.9. The van der Waals surface area contributed by atoms with Crippen molar-refractivity contribution in [3.05, 3.63) is 223 Å². The predicted octanol–water partition coefficient (Wildman–Crippen LogP) is 15.3. The molecule has 284 valence electrons. The van der Waals surface area contributed by atoms with Crippen LogP contribution in [-0.4, -0.2) is 9.13 Å². The zero-order chi connectivity index (χ0) is 40.0. The molecule has 1 aliphatic rings.